The van der Waals surface area contributed by atoms with E-state index in [0.717, 1.165) is 16.8 Å². The maximum atomic E-state index is 17.9. The number of ether oxygens (including phenoxy) is 2. The third-order valence-corrected chi connectivity index (χ3v) is 10.8. The molecule has 0 aromatic carbocycles. The van der Waals surface area contributed by atoms with Crippen LogP contribution < -0.4 is 0 Å². The predicted molar refractivity (Wildman–Crippen MR) is 141 cm³/mol. The molecular weight excluding hydrogens is 503 g/mol. The van der Waals surface area contributed by atoms with Gasteiger partial charge in [-0.15, -0.1) is 0 Å². The van der Waals surface area contributed by atoms with Crippen LogP contribution in [0.2, 0.25) is 0 Å². The van der Waals surface area contributed by atoms with Crippen molar-refractivity contribution in [3.63, 3.8) is 0 Å². The molecule has 3 saturated carbocycles. The second-order valence-electron chi connectivity index (χ2n) is 12.7. The molecule has 4 aliphatic carbocycles. The molecule has 1 aromatic heterocycles. The van der Waals surface area contributed by atoms with Crippen LogP contribution in [0.15, 0.2) is 11.8 Å². The number of aliphatic hydroxyl groups excluding tert-OH is 1. The number of alkyl halides is 1. The normalized spacial score (nSPS) is 40.5. The molecule has 4 aliphatic rings. The molecule has 0 bridgehead atoms. The van der Waals surface area contributed by atoms with E-state index in [-0.39, 0.29) is 25.2 Å². The Hall–Kier alpha value is -2.55. The van der Waals surface area contributed by atoms with Gasteiger partial charge in [-0.2, -0.15) is 5.10 Å². The standard InChI is InChI=1S/C30H41FN2O6/c1-7-25(36)38-16-24(35)30(39-26(37)8-2)17(3)11-21-20-10-9-19-12-22-18(15-33(6)32-22)13-27(19,4)29(20,31)23(34)14-28(21,30)5/h12,15,17,20-21,23,34H,7-11,13-14,16H2,1-6H3/t17-,20-,21-,23-,27-,28-,29-,30-/m0/s1. The number of ketones is 1. The largest absolute Gasteiger partial charge is 0.457 e. The van der Waals surface area contributed by atoms with Gasteiger partial charge < -0.3 is 14.6 Å². The number of halogens is 1. The van der Waals surface area contributed by atoms with Gasteiger partial charge >= 0.3 is 11.9 Å². The van der Waals surface area contributed by atoms with Crippen molar-refractivity contribution in [3.05, 3.63) is 23.0 Å². The number of fused-ring (bicyclic) bond motifs is 6. The molecule has 1 aromatic rings. The number of rotatable bonds is 6. The zero-order chi connectivity index (χ0) is 28.5. The highest BCUT2D eigenvalue weighted by Gasteiger charge is 2.77. The van der Waals surface area contributed by atoms with E-state index in [1.807, 2.05) is 40.1 Å². The van der Waals surface area contributed by atoms with Crippen molar-refractivity contribution >= 4 is 23.8 Å². The zero-order valence-electron chi connectivity index (χ0n) is 23.9. The molecule has 0 saturated heterocycles. The van der Waals surface area contributed by atoms with Crippen LogP contribution in [-0.4, -0.2) is 56.6 Å². The Labute approximate surface area is 229 Å². The monoisotopic (exact) mass is 544 g/mol. The lowest BCUT2D eigenvalue weighted by molar-refractivity contribution is -0.234. The fourth-order valence-electron chi connectivity index (χ4n) is 8.98. The number of hydrogen-bond donors (Lipinski definition) is 1. The predicted octanol–water partition coefficient (Wildman–Crippen LogP) is 4.13. The highest BCUT2D eigenvalue weighted by molar-refractivity contribution is 5.93. The Kier molecular flexibility index (Phi) is 6.64. The first-order valence-corrected chi connectivity index (χ1v) is 14.3. The van der Waals surface area contributed by atoms with E-state index in [9.17, 15) is 19.5 Å². The van der Waals surface area contributed by atoms with E-state index in [4.69, 9.17) is 9.47 Å². The summed E-state index contributed by atoms with van der Waals surface area (Å²) >= 11 is 0. The Morgan fingerprint density at radius 3 is 2.54 bits per heavy atom. The minimum absolute atomic E-state index is 0.0395. The molecule has 8 nitrogen and oxygen atoms in total. The van der Waals surface area contributed by atoms with Crippen molar-refractivity contribution in [2.75, 3.05) is 6.61 Å². The molecule has 1 N–H and O–H groups in total. The summed E-state index contributed by atoms with van der Waals surface area (Å²) < 4.78 is 30.9. The van der Waals surface area contributed by atoms with Crippen molar-refractivity contribution < 1.29 is 33.4 Å². The Morgan fingerprint density at radius 1 is 1.18 bits per heavy atom. The Morgan fingerprint density at radius 2 is 1.87 bits per heavy atom. The highest BCUT2D eigenvalue weighted by Crippen LogP contribution is 2.71. The number of carbonyl (C=O) groups excluding carboxylic acids is 3. The summed E-state index contributed by atoms with van der Waals surface area (Å²) in [4.78, 5) is 38.6. The van der Waals surface area contributed by atoms with Crippen LogP contribution in [0.5, 0.6) is 0 Å². The van der Waals surface area contributed by atoms with Gasteiger partial charge in [-0.3, -0.25) is 19.1 Å². The average Bonchev–Trinajstić information content (AvgIpc) is 3.34. The van der Waals surface area contributed by atoms with Gasteiger partial charge in [0.15, 0.2) is 12.2 Å². The van der Waals surface area contributed by atoms with Crippen LogP contribution in [0.1, 0.15) is 84.4 Å². The summed E-state index contributed by atoms with van der Waals surface area (Å²) in [6.45, 7) is 8.42. The second kappa shape index (κ2) is 9.25. The number of aryl methyl sites for hydroxylation is 1. The number of hydrogen-bond acceptors (Lipinski definition) is 7. The number of aliphatic hydroxyl groups is 1. The SMILES string of the molecule is CCC(=O)OCC(=O)[C@@]1(OC(=O)CC)[C@@H](C)C[C@H]2[C@@H]3CCC4=Cc5nn(C)cc5C[C@]4(C)[C@@]3(F)[C@@H](O)C[C@@]21C. The highest BCUT2D eigenvalue weighted by atomic mass is 19.1. The fraction of sp³-hybridized carbons (Fsp3) is 0.733. The van der Waals surface area contributed by atoms with Gasteiger partial charge in [0.2, 0.25) is 5.78 Å². The molecule has 1 heterocycles. The maximum Gasteiger partial charge on any atom is 0.306 e. The molecule has 0 unspecified atom stereocenters. The average molecular weight is 545 g/mol. The van der Waals surface area contributed by atoms with E-state index in [0.29, 0.717) is 25.7 Å². The molecule has 0 spiro atoms. The van der Waals surface area contributed by atoms with E-state index in [1.54, 1.807) is 18.5 Å². The van der Waals surface area contributed by atoms with Crippen LogP contribution in [0.4, 0.5) is 4.39 Å². The van der Waals surface area contributed by atoms with Crippen LogP contribution in [-0.2, 0) is 37.3 Å². The van der Waals surface area contributed by atoms with Crippen LogP contribution in [0.3, 0.4) is 0 Å². The van der Waals surface area contributed by atoms with Crippen LogP contribution in [0.25, 0.3) is 6.08 Å². The molecule has 9 heteroatoms. The molecule has 0 radical (unpaired) electrons. The minimum Gasteiger partial charge on any atom is -0.457 e. The number of nitrogens with zero attached hydrogens (tertiary/aromatic N) is 2. The molecular formula is C30H41FN2O6. The van der Waals surface area contributed by atoms with Crippen molar-refractivity contribution in [1.82, 2.24) is 9.78 Å². The maximum absolute atomic E-state index is 17.9. The minimum atomic E-state index is -1.93. The first-order chi connectivity index (χ1) is 18.3. The molecule has 3 fully saturated rings. The van der Waals surface area contributed by atoms with Crippen molar-refractivity contribution in [2.24, 2.45) is 35.6 Å². The van der Waals surface area contributed by atoms with E-state index in [2.05, 4.69) is 5.10 Å². The summed E-state index contributed by atoms with van der Waals surface area (Å²) in [5.74, 6) is -2.85. The van der Waals surface area contributed by atoms with Gasteiger partial charge in [-0.05, 0) is 49.7 Å². The van der Waals surface area contributed by atoms with Crippen LogP contribution >= 0.6 is 0 Å². The first kappa shape index (κ1) is 28.0. The van der Waals surface area contributed by atoms with Gasteiger partial charge in [0.1, 0.15) is 5.67 Å². The fourth-order valence-corrected chi connectivity index (χ4v) is 8.98. The number of allylic oxidation sites excluding steroid dienone is 1. The first-order valence-electron chi connectivity index (χ1n) is 14.3. The van der Waals surface area contributed by atoms with Crippen molar-refractivity contribution in [2.45, 2.75) is 96.9 Å². The third kappa shape index (κ3) is 3.64. The summed E-state index contributed by atoms with van der Waals surface area (Å²) in [5.41, 5.74) is -2.74. The third-order valence-electron chi connectivity index (χ3n) is 10.8. The molecule has 39 heavy (non-hydrogen) atoms. The Balaban J connectivity index is 1.58. The number of aromatic nitrogens is 2. The van der Waals surface area contributed by atoms with Gasteiger partial charge in [0.25, 0.3) is 0 Å². The smallest absolute Gasteiger partial charge is 0.306 e. The summed E-state index contributed by atoms with van der Waals surface area (Å²) in [5, 5.41) is 16.4. The zero-order valence-corrected chi connectivity index (χ0v) is 23.9. The van der Waals surface area contributed by atoms with Gasteiger partial charge in [-0.1, -0.05) is 40.2 Å². The lowest BCUT2D eigenvalue weighted by Crippen LogP contribution is -2.70. The molecule has 8 atom stereocenters. The summed E-state index contributed by atoms with van der Waals surface area (Å²) in [7, 11) is 1.85. The number of esters is 2. The van der Waals surface area contributed by atoms with Crippen LogP contribution in [0, 0.1) is 28.6 Å². The number of Topliss-reactive ketones (excluding diaryl/α,β-unsaturated/α-hetero) is 1. The number of carbonyl (C=O) groups is 3. The molecule has 0 amide bonds. The second-order valence-corrected chi connectivity index (χ2v) is 12.7. The van der Waals surface area contributed by atoms with Crippen molar-refractivity contribution in [1.29, 1.82) is 0 Å². The van der Waals surface area contributed by atoms with E-state index in [1.165, 1.54) is 0 Å². The van der Waals surface area contributed by atoms with Gasteiger partial charge in [0, 0.05) is 48.8 Å². The molecule has 214 valence electrons. The summed E-state index contributed by atoms with van der Waals surface area (Å²) in [6, 6.07) is 0. The Bertz CT molecular complexity index is 1240. The lowest BCUT2D eigenvalue weighted by Gasteiger charge is -2.63. The van der Waals surface area contributed by atoms with Gasteiger partial charge in [-0.25, -0.2) is 4.39 Å². The molecule has 0 aliphatic heterocycles. The summed E-state index contributed by atoms with van der Waals surface area (Å²) in [6.07, 6.45) is 4.76. The van der Waals surface area contributed by atoms with Crippen molar-refractivity contribution in [3.8, 4) is 0 Å². The lowest BCUT2D eigenvalue weighted by atomic mass is 9.43. The topological polar surface area (TPSA) is 108 Å². The van der Waals surface area contributed by atoms with Gasteiger partial charge in [0.05, 0.1) is 11.8 Å². The van der Waals surface area contributed by atoms with E-state index < -0.39 is 64.4 Å². The molecule has 5 rings (SSSR count). The quantitative estimate of drug-likeness (QED) is 0.537. The van der Waals surface area contributed by atoms with E-state index >= 15 is 4.39 Å².